The molecule has 562 valence electrons. The minimum atomic E-state index is -3.65. The second-order valence-electron chi connectivity index (χ2n) is 23.5. The Bertz CT molecular complexity index is 3080. The molecule has 25 heteroatoms. The zero-order valence-corrected chi connectivity index (χ0v) is 71.7. The molecule has 0 aliphatic carbocycles. The molecule has 0 atom stereocenters. The molecule has 0 aliphatic rings. The molecule has 17 nitrogen and oxygen atoms in total. The molecule has 10 aromatic rings. The Morgan fingerprint density at radius 2 is 0.208 bits per heavy atom. The minimum Gasteiger partial charge on any atom is -0.852 e. The van der Waals surface area contributed by atoms with Crippen LogP contribution in [0.25, 0.3) is 0 Å². The van der Waals surface area contributed by atoms with E-state index in [0.717, 1.165) is 0 Å². The summed E-state index contributed by atoms with van der Waals surface area (Å²) in [4.78, 5) is 60.3. The van der Waals surface area contributed by atoms with Crippen molar-refractivity contribution in [2.24, 2.45) is 0 Å². The first-order valence-electron chi connectivity index (χ1n) is 32.9. The average Bonchev–Trinajstić information content (AvgIpc) is 0.851. The SMILES string of the molecule is CC(C)[O-].CC(C)[O-].CC(C)[O-].CC(C)[O-].CC(C)[O-].CC(C)[O-].CC(C)[O-].O=P([O-])(c1ccccc1)c1ccccc1.O=P([O-])(c1ccccc1)c1ccccc1.O=P([O-])(c1ccccc1)c1ccccc1.O=P([O-])(c1ccccc1)c1ccccc1.O=P([O-])(c1ccccc1)c1ccccc1.[Ti+4].[Ti+4].[Ti+4]. The molecule has 0 amide bonds. The van der Waals surface area contributed by atoms with Crippen LogP contribution in [0.1, 0.15) is 96.9 Å². The van der Waals surface area contributed by atoms with Gasteiger partial charge in [-0.2, -0.15) is 0 Å². The molecular weight excluding hydrogens is 1540 g/mol. The Morgan fingerprint density at radius 3 is 0.255 bits per heavy atom. The van der Waals surface area contributed by atoms with Gasteiger partial charge in [0, 0.05) is 53.0 Å². The summed E-state index contributed by atoms with van der Waals surface area (Å²) >= 11 is 0. The van der Waals surface area contributed by atoms with E-state index in [1.165, 1.54) is 0 Å². The summed E-state index contributed by atoms with van der Waals surface area (Å²) in [7, 11) is -18.2. The summed E-state index contributed by atoms with van der Waals surface area (Å²) in [5.74, 6) is 0. The van der Waals surface area contributed by atoms with Crippen LogP contribution in [0.15, 0.2) is 303 Å². The van der Waals surface area contributed by atoms with Crippen molar-refractivity contribution in [3.8, 4) is 0 Å². The van der Waals surface area contributed by atoms with Gasteiger partial charge in [-0.3, -0.25) is 0 Å². The fourth-order valence-electron chi connectivity index (χ4n) is 6.99. The summed E-state index contributed by atoms with van der Waals surface area (Å²) in [6.07, 6.45) is -2.92. The first kappa shape index (κ1) is 110. The van der Waals surface area contributed by atoms with Crippen LogP contribution in [0.3, 0.4) is 0 Å². The van der Waals surface area contributed by atoms with Gasteiger partial charge < -0.3 is 83.0 Å². The van der Waals surface area contributed by atoms with Crippen molar-refractivity contribution in [2.75, 3.05) is 0 Å². The zero-order chi connectivity index (χ0) is 78.7. The van der Waals surface area contributed by atoms with E-state index in [9.17, 15) is 83.0 Å². The van der Waals surface area contributed by atoms with E-state index in [0.29, 0.717) is 53.0 Å². The van der Waals surface area contributed by atoms with Crippen molar-refractivity contribution in [3.63, 3.8) is 0 Å². The zero-order valence-electron chi connectivity index (χ0n) is 62.6. The van der Waals surface area contributed by atoms with Crippen molar-refractivity contribution < 1.29 is 148 Å². The van der Waals surface area contributed by atoms with E-state index in [2.05, 4.69) is 0 Å². The second-order valence-corrected chi connectivity index (χ2v) is 34.1. The Balaban J connectivity index is -0.000000365. The van der Waals surface area contributed by atoms with Crippen LogP contribution in [-0.4, -0.2) is 42.7 Å². The Kier molecular flexibility index (Phi) is 63.8. The van der Waals surface area contributed by atoms with Gasteiger partial charge in [0.15, 0.2) is 0 Å². The van der Waals surface area contributed by atoms with Crippen molar-refractivity contribution in [1.29, 1.82) is 0 Å². The van der Waals surface area contributed by atoms with Gasteiger partial charge in [-0.1, -0.05) is 400 Å². The summed E-state index contributed by atoms with van der Waals surface area (Å²) in [5.41, 5.74) is 0. The van der Waals surface area contributed by atoms with Gasteiger partial charge in [-0.25, -0.2) is 0 Å². The topological polar surface area (TPSA) is 362 Å². The smallest absolute Gasteiger partial charge is 0.852 e. The number of hydrogen-bond acceptors (Lipinski definition) is 17. The number of benzene rings is 10. The molecule has 0 aliphatic heterocycles. The average molecular weight is 1640 g/mol. The quantitative estimate of drug-likeness (QED) is 0.133. The maximum Gasteiger partial charge on any atom is 4.00 e. The van der Waals surface area contributed by atoms with E-state index >= 15 is 0 Å². The maximum atomic E-state index is 12.1. The molecule has 0 N–H and O–H groups in total. The van der Waals surface area contributed by atoms with Crippen molar-refractivity contribution in [2.45, 2.75) is 140 Å². The van der Waals surface area contributed by atoms with Gasteiger partial charge in [0.25, 0.3) is 0 Å². The molecule has 0 saturated carbocycles. The predicted octanol–water partition coefficient (Wildman–Crippen LogP) is 4.66. The molecule has 10 rings (SSSR count). The summed E-state index contributed by atoms with van der Waals surface area (Å²) in [5, 5.41) is 70.3. The van der Waals surface area contributed by atoms with Gasteiger partial charge in [0.05, 0.1) is 36.8 Å². The fourth-order valence-corrected chi connectivity index (χ4v) is 14.1. The summed E-state index contributed by atoms with van der Waals surface area (Å²) < 4.78 is 60.3. The summed E-state index contributed by atoms with van der Waals surface area (Å²) in [6.45, 7) is 22.6. The molecule has 0 aromatic heterocycles. The van der Waals surface area contributed by atoms with Gasteiger partial charge >= 0.3 is 65.2 Å². The van der Waals surface area contributed by atoms with Crippen LogP contribution in [-0.2, 0) is 88.0 Å². The van der Waals surface area contributed by atoms with Crippen LogP contribution in [0.4, 0.5) is 0 Å². The molecule has 0 fully saturated rings. The molecule has 10 aromatic carbocycles. The third kappa shape index (κ3) is 52.2. The Labute approximate surface area is 675 Å². The predicted molar refractivity (Wildman–Crippen MR) is 405 cm³/mol. The van der Waals surface area contributed by atoms with Crippen molar-refractivity contribution in [3.05, 3.63) is 303 Å². The molecule has 0 bridgehead atoms. The Hall–Kier alpha value is -4.99. The van der Waals surface area contributed by atoms with Crippen LogP contribution >= 0.6 is 36.8 Å². The van der Waals surface area contributed by atoms with Crippen molar-refractivity contribution in [1.82, 2.24) is 0 Å². The largest absolute Gasteiger partial charge is 4.00 e. The van der Waals surface area contributed by atoms with Crippen LogP contribution in [0.2, 0.25) is 0 Å². The van der Waals surface area contributed by atoms with E-state index < -0.39 is 79.6 Å². The monoisotopic (exact) mass is 1640 g/mol. The summed E-state index contributed by atoms with van der Waals surface area (Å²) in [6, 6.07) is 84.7. The van der Waals surface area contributed by atoms with Gasteiger partial charge in [0.2, 0.25) is 0 Å². The molecule has 0 unspecified atom stereocenters. The van der Waals surface area contributed by atoms with Crippen molar-refractivity contribution >= 4 is 89.9 Å². The normalized spacial score (nSPS) is 10.3. The van der Waals surface area contributed by atoms with E-state index in [4.69, 9.17) is 0 Å². The molecular formula is C81H99O17P5Ti3. The number of hydrogen-bond donors (Lipinski definition) is 0. The first-order chi connectivity index (χ1) is 48.2. The van der Waals surface area contributed by atoms with E-state index in [-0.39, 0.29) is 65.2 Å². The third-order valence-electron chi connectivity index (χ3n) is 11.0. The number of rotatable bonds is 10. The fraction of sp³-hybridized carbons (Fsp3) is 0.259. The van der Waals surface area contributed by atoms with E-state index in [1.54, 1.807) is 400 Å². The molecule has 0 radical (unpaired) electrons. The van der Waals surface area contributed by atoms with Crippen LogP contribution in [0, 0.1) is 0 Å². The second kappa shape index (κ2) is 61.7. The van der Waals surface area contributed by atoms with Gasteiger partial charge in [-0.15, -0.1) is 42.7 Å². The van der Waals surface area contributed by atoms with E-state index in [1.807, 2.05) is 0 Å². The first-order valence-corrected chi connectivity index (χ1v) is 41.0. The molecule has 0 saturated heterocycles. The maximum absolute atomic E-state index is 12.1. The van der Waals surface area contributed by atoms with Gasteiger partial charge in [-0.05, 0) is 0 Å². The Morgan fingerprint density at radius 1 is 0.160 bits per heavy atom. The third-order valence-corrected chi connectivity index (χ3v) is 20.7. The molecule has 106 heavy (non-hydrogen) atoms. The minimum absolute atomic E-state index is 0. The van der Waals surface area contributed by atoms with Crippen LogP contribution < -0.4 is 113 Å². The standard InChI is InChI=1S/5C12H11O2P.7C3H7O.3Ti/c5*13-15(14,11-7-3-1-4-8-11)12-9-5-2-6-10-12;7*1-3(2)4;;;/h5*1-10H,(H,13,14);7*3H,1-2H3;;;/q;;;;;7*-1;3*+4/p-5. The van der Waals surface area contributed by atoms with Crippen LogP contribution in [0.5, 0.6) is 0 Å². The molecule has 0 spiro atoms. The molecule has 0 heterocycles. The van der Waals surface area contributed by atoms with Gasteiger partial charge in [0.1, 0.15) is 0 Å².